The summed E-state index contributed by atoms with van der Waals surface area (Å²) in [4.78, 5) is 11.4. The molecular weight excluding hydrogens is 188 g/mol. The zero-order chi connectivity index (χ0) is 11.7. The predicted molar refractivity (Wildman–Crippen MR) is 63.4 cm³/mol. The molecule has 2 N–H and O–H groups in total. The van der Waals surface area contributed by atoms with E-state index in [1.807, 2.05) is 6.92 Å². The summed E-state index contributed by atoms with van der Waals surface area (Å²) in [6.45, 7) is 6.53. The van der Waals surface area contributed by atoms with Crippen molar-refractivity contribution in [3.8, 4) is 12.3 Å². The van der Waals surface area contributed by atoms with Crippen molar-refractivity contribution < 1.29 is 4.79 Å². The molecule has 86 valence electrons. The maximum Gasteiger partial charge on any atom is 0.234 e. The molecule has 15 heavy (non-hydrogen) atoms. The third-order valence-corrected chi connectivity index (χ3v) is 2.34. The van der Waals surface area contributed by atoms with Gasteiger partial charge in [-0.3, -0.25) is 4.79 Å². The van der Waals surface area contributed by atoms with Gasteiger partial charge in [-0.1, -0.05) is 26.2 Å². The van der Waals surface area contributed by atoms with E-state index in [9.17, 15) is 4.79 Å². The Hall–Kier alpha value is -1.01. The minimum absolute atomic E-state index is 0.0216. The smallest absolute Gasteiger partial charge is 0.234 e. The summed E-state index contributed by atoms with van der Waals surface area (Å²) in [5.41, 5.74) is 0. The Balaban J connectivity index is 3.77. The van der Waals surface area contributed by atoms with Crippen molar-refractivity contribution in [3.05, 3.63) is 0 Å². The van der Waals surface area contributed by atoms with Gasteiger partial charge in [0.1, 0.15) is 0 Å². The predicted octanol–water partition coefficient (Wildman–Crippen LogP) is 1.29. The van der Waals surface area contributed by atoms with Gasteiger partial charge in [0.2, 0.25) is 5.91 Å². The highest BCUT2D eigenvalue weighted by Gasteiger charge is 2.08. The molecule has 0 saturated carbocycles. The average Bonchev–Trinajstić information content (AvgIpc) is 2.25. The zero-order valence-electron chi connectivity index (χ0n) is 9.97. The molecule has 0 aliphatic rings. The highest BCUT2D eigenvalue weighted by Crippen LogP contribution is 1.94. The monoisotopic (exact) mass is 210 g/mol. The highest BCUT2D eigenvalue weighted by atomic mass is 16.1. The lowest BCUT2D eigenvalue weighted by Gasteiger charge is -2.14. The number of nitrogens with one attached hydrogen (secondary N) is 2. The minimum Gasteiger partial charge on any atom is -0.341 e. The van der Waals surface area contributed by atoms with Crippen molar-refractivity contribution in [3.63, 3.8) is 0 Å². The molecular formula is C12H22N2O. The van der Waals surface area contributed by atoms with Crippen molar-refractivity contribution in [1.29, 1.82) is 0 Å². The highest BCUT2D eigenvalue weighted by molar-refractivity contribution is 5.78. The third kappa shape index (κ3) is 6.98. The number of carbonyl (C=O) groups is 1. The molecule has 1 amide bonds. The second kappa shape index (κ2) is 8.31. The lowest BCUT2D eigenvalue weighted by Crippen LogP contribution is -2.41. The van der Waals surface area contributed by atoms with Gasteiger partial charge in [-0.05, 0) is 19.8 Å². The van der Waals surface area contributed by atoms with Crippen molar-refractivity contribution in [2.45, 2.75) is 52.1 Å². The molecule has 0 rings (SSSR count). The van der Waals surface area contributed by atoms with Crippen LogP contribution in [0.15, 0.2) is 0 Å². The largest absolute Gasteiger partial charge is 0.341 e. The van der Waals surface area contributed by atoms with Gasteiger partial charge >= 0.3 is 0 Å². The average molecular weight is 210 g/mol. The number of hydrogen-bond acceptors (Lipinski definition) is 2. The van der Waals surface area contributed by atoms with E-state index in [0.29, 0.717) is 12.6 Å². The van der Waals surface area contributed by atoms with Crippen LogP contribution in [0.4, 0.5) is 0 Å². The Morgan fingerprint density at radius 1 is 1.47 bits per heavy atom. The van der Waals surface area contributed by atoms with Crippen LogP contribution in [-0.4, -0.2) is 24.5 Å². The summed E-state index contributed by atoms with van der Waals surface area (Å²) in [5, 5.41) is 5.93. The lowest BCUT2D eigenvalue weighted by molar-refractivity contribution is -0.120. The molecule has 0 saturated heterocycles. The molecule has 3 nitrogen and oxygen atoms in total. The first-order valence-electron chi connectivity index (χ1n) is 5.62. The van der Waals surface area contributed by atoms with Gasteiger partial charge in [-0.15, -0.1) is 6.42 Å². The first kappa shape index (κ1) is 14.0. The fourth-order valence-electron chi connectivity index (χ4n) is 1.14. The number of carbonyl (C=O) groups excluding carboxylic acids is 1. The molecule has 0 aromatic carbocycles. The Bertz CT molecular complexity index is 220. The molecule has 0 spiro atoms. The van der Waals surface area contributed by atoms with Crippen LogP contribution in [0.25, 0.3) is 0 Å². The van der Waals surface area contributed by atoms with Gasteiger partial charge in [0, 0.05) is 6.04 Å². The van der Waals surface area contributed by atoms with E-state index in [2.05, 4.69) is 30.4 Å². The van der Waals surface area contributed by atoms with Crippen LogP contribution < -0.4 is 10.6 Å². The quantitative estimate of drug-likeness (QED) is 0.622. The Kier molecular flexibility index (Phi) is 7.75. The van der Waals surface area contributed by atoms with Gasteiger partial charge in [0.25, 0.3) is 0 Å². The molecule has 0 aliphatic carbocycles. The maximum absolute atomic E-state index is 11.4. The molecule has 0 aliphatic heterocycles. The van der Waals surface area contributed by atoms with Crippen LogP contribution in [0.5, 0.6) is 0 Å². The van der Waals surface area contributed by atoms with E-state index in [0.717, 1.165) is 19.3 Å². The molecule has 2 atom stereocenters. The SMILES string of the molecule is C#CC(CCC)NC(=O)CNC(C)CC. The van der Waals surface area contributed by atoms with E-state index < -0.39 is 0 Å². The summed E-state index contributed by atoms with van der Waals surface area (Å²) < 4.78 is 0. The number of amides is 1. The topological polar surface area (TPSA) is 41.1 Å². The van der Waals surface area contributed by atoms with E-state index in [4.69, 9.17) is 6.42 Å². The van der Waals surface area contributed by atoms with Crippen molar-refractivity contribution in [2.75, 3.05) is 6.54 Å². The summed E-state index contributed by atoms with van der Waals surface area (Å²) in [5.74, 6) is 2.55. The molecule has 0 heterocycles. The number of terminal acetylenes is 1. The van der Waals surface area contributed by atoms with Crippen LogP contribution in [-0.2, 0) is 4.79 Å². The van der Waals surface area contributed by atoms with Crippen LogP contribution in [0.2, 0.25) is 0 Å². The van der Waals surface area contributed by atoms with Gasteiger partial charge in [-0.25, -0.2) is 0 Å². The van der Waals surface area contributed by atoms with E-state index >= 15 is 0 Å². The third-order valence-electron chi connectivity index (χ3n) is 2.34. The summed E-state index contributed by atoms with van der Waals surface area (Å²) in [6, 6.07) is 0.243. The summed E-state index contributed by atoms with van der Waals surface area (Å²) in [6.07, 6.45) is 8.14. The van der Waals surface area contributed by atoms with E-state index in [-0.39, 0.29) is 11.9 Å². The minimum atomic E-state index is -0.124. The Morgan fingerprint density at radius 2 is 2.13 bits per heavy atom. The Morgan fingerprint density at radius 3 is 2.60 bits per heavy atom. The van der Waals surface area contributed by atoms with Crippen molar-refractivity contribution >= 4 is 5.91 Å². The second-order valence-corrected chi connectivity index (χ2v) is 3.77. The first-order chi connectivity index (χ1) is 7.13. The van der Waals surface area contributed by atoms with Gasteiger partial charge < -0.3 is 10.6 Å². The molecule has 0 aromatic heterocycles. The van der Waals surface area contributed by atoms with E-state index in [1.165, 1.54) is 0 Å². The van der Waals surface area contributed by atoms with E-state index in [1.54, 1.807) is 0 Å². The van der Waals surface area contributed by atoms with Crippen LogP contribution in [0.1, 0.15) is 40.0 Å². The van der Waals surface area contributed by atoms with Gasteiger partial charge in [0.15, 0.2) is 0 Å². The fraction of sp³-hybridized carbons (Fsp3) is 0.750. The summed E-state index contributed by atoms with van der Waals surface area (Å²) >= 11 is 0. The van der Waals surface area contributed by atoms with Crippen molar-refractivity contribution in [2.24, 2.45) is 0 Å². The van der Waals surface area contributed by atoms with Gasteiger partial charge in [-0.2, -0.15) is 0 Å². The molecule has 2 unspecified atom stereocenters. The van der Waals surface area contributed by atoms with Gasteiger partial charge in [0.05, 0.1) is 12.6 Å². The fourth-order valence-corrected chi connectivity index (χ4v) is 1.14. The van der Waals surface area contributed by atoms with Crippen LogP contribution in [0.3, 0.4) is 0 Å². The van der Waals surface area contributed by atoms with Crippen LogP contribution in [0, 0.1) is 12.3 Å². The first-order valence-corrected chi connectivity index (χ1v) is 5.62. The van der Waals surface area contributed by atoms with Crippen molar-refractivity contribution in [1.82, 2.24) is 10.6 Å². The molecule has 3 heteroatoms. The molecule has 0 radical (unpaired) electrons. The summed E-state index contributed by atoms with van der Waals surface area (Å²) in [7, 11) is 0. The van der Waals surface area contributed by atoms with Crippen LogP contribution >= 0.6 is 0 Å². The maximum atomic E-state index is 11.4. The Labute approximate surface area is 93.0 Å². The normalized spacial score (nSPS) is 14.0. The molecule has 0 fully saturated rings. The standard InChI is InChI=1S/C12H22N2O/c1-5-8-11(7-3)14-12(15)9-13-10(4)6-2/h3,10-11,13H,5-6,8-9H2,1-2,4H3,(H,14,15). The lowest BCUT2D eigenvalue weighted by atomic mass is 10.2. The number of rotatable bonds is 7. The number of hydrogen-bond donors (Lipinski definition) is 2. The zero-order valence-corrected chi connectivity index (χ0v) is 9.97. The second-order valence-electron chi connectivity index (χ2n) is 3.77. The molecule has 0 bridgehead atoms. The molecule has 0 aromatic rings.